The first-order chi connectivity index (χ1) is 16.4. The molecule has 3 aromatic rings. The normalized spacial score (nSPS) is 16.8. The van der Waals surface area contributed by atoms with Gasteiger partial charge in [-0.05, 0) is 72.6 Å². The molecule has 2 amide bonds. The molecule has 1 atom stereocenters. The van der Waals surface area contributed by atoms with Crippen LogP contribution in [0, 0.1) is 11.3 Å². The first kappa shape index (κ1) is 24.4. The Kier molecular flexibility index (Phi) is 7.64. The van der Waals surface area contributed by atoms with Gasteiger partial charge in [0, 0.05) is 25.9 Å². The van der Waals surface area contributed by atoms with Crippen molar-refractivity contribution in [2.45, 2.75) is 11.7 Å². The van der Waals surface area contributed by atoms with Gasteiger partial charge in [0.2, 0.25) is 5.91 Å². The summed E-state index contributed by atoms with van der Waals surface area (Å²) in [5.74, 6) is -0.807. The Balaban J connectivity index is 1.71. The summed E-state index contributed by atoms with van der Waals surface area (Å²) in [4.78, 5) is 28.0. The first-order valence-corrected chi connectivity index (χ1v) is 12.5. The van der Waals surface area contributed by atoms with Gasteiger partial charge in [-0.3, -0.25) is 14.5 Å². The molecule has 1 N–H and O–H groups in total. The highest BCUT2D eigenvalue weighted by atomic mass is 79.9. The van der Waals surface area contributed by atoms with E-state index in [1.165, 1.54) is 16.7 Å². The van der Waals surface area contributed by atoms with Gasteiger partial charge < -0.3 is 5.32 Å². The molecule has 5 nitrogen and oxygen atoms in total. The molecule has 3 aromatic carbocycles. The molecule has 0 spiro atoms. The number of rotatable bonds is 5. The minimum Gasteiger partial charge on any atom is -0.321 e. The minimum atomic E-state index is -0.602. The van der Waals surface area contributed by atoms with E-state index in [1.54, 1.807) is 60.7 Å². The maximum Gasteiger partial charge on any atom is 0.269 e. The Morgan fingerprint density at radius 1 is 1.00 bits per heavy atom. The predicted octanol–water partition coefficient (Wildman–Crippen LogP) is 6.82. The second kappa shape index (κ2) is 10.7. The Hall–Kier alpha value is -2.76. The molecule has 1 saturated heterocycles. The van der Waals surface area contributed by atoms with Crippen LogP contribution < -0.4 is 10.2 Å². The van der Waals surface area contributed by atoms with Crippen molar-refractivity contribution in [1.29, 1.82) is 5.26 Å². The molecular weight excluding hydrogens is 557 g/mol. The molecule has 170 valence electrons. The average Bonchev–Trinajstić information content (AvgIpc) is 3.13. The van der Waals surface area contributed by atoms with Gasteiger partial charge in [0.15, 0.2) is 0 Å². The lowest BCUT2D eigenvalue weighted by Gasteiger charge is -2.19. The van der Waals surface area contributed by atoms with E-state index in [0.717, 1.165) is 10.0 Å². The number of nitrogens with one attached hydrogen (secondary N) is 1. The Bertz CT molecular complexity index is 1300. The molecule has 1 aliphatic rings. The number of nitrogens with zero attached hydrogens (tertiary/aromatic N) is 2. The van der Waals surface area contributed by atoms with Crippen LogP contribution in [0.5, 0.6) is 0 Å². The molecular formula is C25H16BrCl2N3O2S. The van der Waals surface area contributed by atoms with Gasteiger partial charge in [-0.2, -0.15) is 5.26 Å². The van der Waals surface area contributed by atoms with Crippen molar-refractivity contribution in [2.75, 3.05) is 10.2 Å². The summed E-state index contributed by atoms with van der Waals surface area (Å²) < 4.78 is 0.847. The highest BCUT2D eigenvalue weighted by Gasteiger charge is 2.40. The Labute approximate surface area is 219 Å². The summed E-state index contributed by atoms with van der Waals surface area (Å²) in [7, 11) is 0. The number of halogens is 3. The lowest BCUT2D eigenvalue weighted by molar-refractivity contribution is -0.117. The van der Waals surface area contributed by atoms with Crippen LogP contribution in [0.4, 0.5) is 11.4 Å². The van der Waals surface area contributed by atoms with Crippen LogP contribution in [0.15, 0.2) is 87.9 Å². The van der Waals surface area contributed by atoms with Gasteiger partial charge >= 0.3 is 0 Å². The number of carbonyl (C=O) groups is 2. The van der Waals surface area contributed by atoms with Crippen LogP contribution >= 0.6 is 50.9 Å². The van der Waals surface area contributed by atoms with Crippen molar-refractivity contribution < 1.29 is 9.59 Å². The monoisotopic (exact) mass is 571 g/mol. The van der Waals surface area contributed by atoms with Gasteiger partial charge in [0.1, 0.15) is 16.7 Å². The molecule has 0 aliphatic carbocycles. The number of thioether (sulfide) groups is 1. The van der Waals surface area contributed by atoms with Crippen molar-refractivity contribution in [2.24, 2.45) is 0 Å². The number of carbonyl (C=O) groups excluding carboxylic acids is 2. The summed E-state index contributed by atoms with van der Waals surface area (Å²) in [5.41, 5.74) is 1.84. The van der Waals surface area contributed by atoms with Gasteiger partial charge in [0.05, 0.1) is 5.25 Å². The van der Waals surface area contributed by atoms with Crippen molar-refractivity contribution in [1.82, 2.24) is 0 Å². The van der Waals surface area contributed by atoms with E-state index in [1.807, 2.05) is 18.2 Å². The van der Waals surface area contributed by atoms with E-state index in [4.69, 9.17) is 23.2 Å². The first-order valence-electron chi connectivity index (χ1n) is 10.1. The zero-order chi connectivity index (χ0) is 24.2. The fourth-order valence-electron chi connectivity index (χ4n) is 3.37. The Morgan fingerprint density at radius 3 is 2.18 bits per heavy atom. The number of hydrogen-bond donors (Lipinski definition) is 1. The number of nitriles is 1. The van der Waals surface area contributed by atoms with E-state index in [2.05, 4.69) is 21.2 Å². The molecule has 1 unspecified atom stereocenters. The fraction of sp³-hybridized carbons (Fsp3) is 0.0800. The van der Waals surface area contributed by atoms with Crippen molar-refractivity contribution >= 4 is 74.1 Å². The SMILES string of the molecule is N#C/C(C(=O)Nc1ccc(Cl)cc1)=C1/SC(Cc2ccc(Cl)cc2)C(=O)N1c1ccc(Br)cc1. The van der Waals surface area contributed by atoms with E-state index in [-0.39, 0.29) is 11.5 Å². The summed E-state index contributed by atoms with van der Waals surface area (Å²) in [6.07, 6.45) is 0.425. The molecule has 1 aliphatic heterocycles. The maximum atomic E-state index is 13.5. The van der Waals surface area contributed by atoms with Crippen LogP contribution in [-0.2, 0) is 16.0 Å². The lowest BCUT2D eigenvalue weighted by Crippen LogP contribution is -2.30. The third-order valence-corrected chi connectivity index (χ3v) is 7.32. The van der Waals surface area contributed by atoms with Crippen LogP contribution in [0.1, 0.15) is 5.56 Å². The van der Waals surface area contributed by atoms with Gasteiger partial charge in [-0.25, -0.2) is 0 Å². The van der Waals surface area contributed by atoms with Crippen LogP contribution in [0.3, 0.4) is 0 Å². The topological polar surface area (TPSA) is 73.2 Å². The van der Waals surface area contributed by atoms with Gasteiger partial charge in [-0.1, -0.05) is 63.0 Å². The molecule has 0 aromatic heterocycles. The predicted molar refractivity (Wildman–Crippen MR) is 141 cm³/mol. The molecule has 1 heterocycles. The summed E-state index contributed by atoms with van der Waals surface area (Å²) in [5, 5.41) is 13.5. The molecule has 0 radical (unpaired) electrons. The number of benzene rings is 3. The summed E-state index contributed by atoms with van der Waals surface area (Å²) >= 11 is 16.5. The van der Waals surface area contributed by atoms with Crippen LogP contribution in [-0.4, -0.2) is 17.1 Å². The number of hydrogen-bond acceptors (Lipinski definition) is 4. The van der Waals surface area contributed by atoms with Gasteiger partial charge in [0.25, 0.3) is 5.91 Å². The zero-order valence-corrected chi connectivity index (χ0v) is 21.4. The highest BCUT2D eigenvalue weighted by Crippen LogP contribution is 2.42. The Morgan fingerprint density at radius 2 is 1.59 bits per heavy atom. The third-order valence-electron chi connectivity index (χ3n) is 5.03. The van der Waals surface area contributed by atoms with Crippen molar-refractivity contribution in [3.05, 3.63) is 103 Å². The zero-order valence-electron chi connectivity index (χ0n) is 17.5. The standard InChI is InChI=1S/C25H16BrCl2N3O2S/c26-16-3-11-20(12-4-16)31-24(33)22(13-15-1-5-17(27)6-2-15)34-25(31)21(14-29)23(32)30-19-9-7-18(28)8-10-19/h1-12,22H,13H2,(H,30,32)/b25-21-. The van der Waals surface area contributed by atoms with Crippen LogP contribution in [0.2, 0.25) is 10.0 Å². The molecule has 9 heteroatoms. The summed E-state index contributed by atoms with van der Waals surface area (Å²) in [6.45, 7) is 0. The molecule has 34 heavy (non-hydrogen) atoms. The van der Waals surface area contributed by atoms with Gasteiger partial charge in [-0.15, -0.1) is 0 Å². The van der Waals surface area contributed by atoms with E-state index < -0.39 is 11.2 Å². The average molecular weight is 573 g/mol. The summed E-state index contributed by atoms with van der Waals surface area (Å²) in [6, 6.07) is 23.0. The molecule has 0 bridgehead atoms. The smallest absolute Gasteiger partial charge is 0.269 e. The largest absolute Gasteiger partial charge is 0.321 e. The second-order valence-corrected chi connectivity index (χ2v) is 10.3. The maximum absolute atomic E-state index is 13.5. The molecule has 1 fully saturated rings. The number of amides is 2. The van der Waals surface area contributed by atoms with Crippen molar-refractivity contribution in [3.8, 4) is 6.07 Å². The fourth-order valence-corrected chi connectivity index (χ4v) is 5.20. The number of anilines is 2. The second-order valence-electron chi connectivity index (χ2n) is 7.34. The highest BCUT2D eigenvalue weighted by molar-refractivity contribution is 9.10. The minimum absolute atomic E-state index is 0.144. The quantitative estimate of drug-likeness (QED) is 0.269. The van der Waals surface area contributed by atoms with E-state index >= 15 is 0 Å². The third kappa shape index (κ3) is 5.48. The molecule has 4 rings (SSSR count). The lowest BCUT2D eigenvalue weighted by atomic mass is 10.1. The van der Waals surface area contributed by atoms with Crippen LogP contribution in [0.25, 0.3) is 0 Å². The molecule has 0 saturated carbocycles. The van der Waals surface area contributed by atoms with E-state index in [0.29, 0.717) is 32.9 Å². The van der Waals surface area contributed by atoms with E-state index in [9.17, 15) is 14.9 Å². The van der Waals surface area contributed by atoms with Crippen molar-refractivity contribution in [3.63, 3.8) is 0 Å².